The van der Waals surface area contributed by atoms with E-state index in [1.54, 1.807) is 6.07 Å². The quantitative estimate of drug-likeness (QED) is 0.783. The first-order chi connectivity index (χ1) is 8.61. The molecule has 3 rings (SSSR count). The second-order valence-electron chi connectivity index (χ2n) is 5.19. The minimum atomic E-state index is -0.620. The van der Waals surface area contributed by atoms with Crippen molar-refractivity contribution in [2.24, 2.45) is 0 Å². The highest BCUT2D eigenvalue weighted by Gasteiger charge is 2.46. The Morgan fingerprint density at radius 1 is 1.50 bits per heavy atom. The first-order valence-corrected chi connectivity index (χ1v) is 7.44. The number of fused-ring (bicyclic) bond motifs is 1. The summed E-state index contributed by atoms with van der Waals surface area (Å²) in [6.45, 7) is 2.16. The molecule has 2 aliphatic heterocycles. The lowest BCUT2D eigenvalue weighted by Gasteiger charge is -2.46. The van der Waals surface area contributed by atoms with Crippen LogP contribution in [0.1, 0.15) is 37.9 Å². The van der Waals surface area contributed by atoms with Gasteiger partial charge in [-0.3, -0.25) is 0 Å². The van der Waals surface area contributed by atoms with Crippen LogP contribution in [0.5, 0.6) is 5.75 Å². The van der Waals surface area contributed by atoms with Gasteiger partial charge in [-0.2, -0.15) is 11.8 Å². The van der Waals surface area contributed by atoms with E-state index < -0.39 is 6.10 Å². The lowest BCUT2D eigenvalue weighted by atomic mass is 9.83. The molecule has 4 heteroatoms. The van der Waals surface area contributed by atoms with Crippen molar-refractivity contribution >= 4 is 11.8 Å². The van der Waals surface area contributed by atoms with E-state index in [0.717, 1.165) is 18.6 Å². The van der Waals surface area contributed by atoms with Crippen molar-refractivity contribution in [3.63, 3.8) is 0 Å². The van der Waals surface area contributed by atoms with Crippen LogP contribution in [0, 0.1) is 5.82 Å². The van der Waals surface area contributed by atoms with E-state index in [2.05, 4.69) is 6.92 Å². The number of thioether (sulfide) groups is 1. The normalized spacial score (nSPS) is 35.1. The Labute approximate surface area is 111 Å². The Kier molecular flexibility index (Phi) is 3.02. The Balaban J connectivity index is 1.98. The van der Waals surface area contributed by atoms with Gasteiger partial charge in [0.1, 0.15) is 17.2 Å². The molecule has 0 radical (unpaired) electrons. The molecule has 1 saturated heterocycles. The predicted molar refractivity (Wildman–Crippen MR) is 70.5 cm³/mol. The summed E-state index contributed by atoms with van der Waals surface area (Å²) >= 11 is 1.89. The first kappa shape index (κ1) is 12.3. The van der Waals surface area contributed by atoms with E-state index in [1.165, 1.54) is 12.1 Å². The minimum absolute atomic E-state index is 0.285. The number of rotatable bonds is 0. The highest BCUT2D eigenvalue weighted by Crippen LogP contribution is 2.48. The summed E-state index contributed by atoms with van der Waals surface area (Å²) < 4.78 is 19.4. The zero-order valence-corrected chi connectivity index (χ0v) is 11.2. The number of aliphatic hydroxyl groups is 1. The Morgan fingerprint density at radius 2 is 2.33 bits per heavy atom. The van der Waals surface area contributed by atoms with Gasteiger partial charge in [-0.05, 0) is 43.7 Å². The number of hydrogen-bond donors (Lipinski definition) is 1. The van der Waals surface area contributed by atoms with Crippen molar-refractivity contribution in [2.45, 2.75) is 43.1 Å². The molecule has 98 valence electrons. The third-order valence-corrected chi connectivity index (χ3v) is 5.49. The van der Waals surface area contributed by atoms with Crippen molar-refractivity contribution in [3.8, 4) is 5.75 Å². The molecule has 0 amide bonds. The van der Waals surface area contributed by atoms with Gasteiger partial charge < -0.3 is 9.84 Å². The second kappa shape index (κ2) is 4.42. The smallest absolute Gasteiger partial charge is 0.126 e. The number of ether oxygens (including phenoxy) is 1. The van der Waals surface area contributed by atoms with Crippen molar-refractivity contribution in [3.05, 3.63) is 29.6 Å². The molecule has 2 heterocycles. The first-order valence-electron chi connectivity index (χ1n) is 6.39. The topological polar surface area (TPSA) is 29.5 Å². The van der Waals surface area contributed by atoms with Crippen LogP contribution in [0.4, 0.5) is 4.39 Å². The van der Waals surface area contributed by atoms with Gasteiger partial charge >= 0.3 is 0 Å². The number of halogens is 1. The van der Waals surface area contributed by atoms with Crippen LogP contribution in [0.25, 0.3) is 0 Å². The van der Waals surface area contributed by atoms with Crippen molar-refractivity contribution in [1.29, 1.82) is 0 Å². The summed E-state index contributed by atoms with van der Waals surface area (Å²) in [4.78, 5) is 0. The van der Waals surface area contributed by atoms with Crippen LogP contribution in [0.3, 0.4) is 0 Å². The fourth-order valence-corrected chi connectivity index (χ4v) is 4.19. The molecule has 0 saturated carbocycles. The van der Waals surface area contributed by atoms with Crippen LogP contribution in [0.2, 0.25) is 0 Å². The molecule has 2 unspecified atom stereocenters. The average molecular weight is 268 g/mol. The second-order valence-corrected chi connectivity index (χ2v) is 6.63. The maximum atomic E-state index is 13.2. The molecule has 0 bridgehead atoms. The van der Waals surface area contributed by atoms with Crippen LogP contribution in [-0.4, -0.2) is 21.7 Å². The number of aliphatic hydroxyl groups excluding tert-OH is 1. The lowest BCUT2D eigenvalue weighted by molar-refractivity contribution is -0.0213. The molecular weight excluding hydrogens is 251 g/mol. The highest BCUT2D eigenvalue weighted by atomic mass is 32.2. The van der Waals surface area contributed by atoms with Crippen LogP contribution >= 0.6 is 11.8 Å². The zero-order chi connectivity index (χ0) is 12.8. The average Bonchev–Trinajstić information content (AvgIpc) is 2.34. The van der Waals surface area contributed by atoms with E-state index >= 15 is 0 Å². The SMILES string of the molecule is CC1SCCCC12C[C@H](O)c1cc(F)ccc1O2. The van der Waals surface area contributed by atoms with Gasteiger partial charge in [-0.15, -0.1) is 0 Å². The Hall–Kier alpha value is -0.740. The monoisotopic (exact) mass is 268 g/mol. The molecule has 1 fully saturated rings. The summed E-state index contributed by atoms with van der Waals surface area (Å²) in [5.74, 6) is 1.47. The summed E-state index contributed by atoms with van der Waals surface area (Å²) in [6, 6.07) is 4.42. The molecule has 2 nitrogen and oxygen atoms in total. The van der Waals surface area contributed by atoms with Gasteiger partial charge in [0.15, 0.2) is 0 Å². The molecule has 0 aromatic heterocycles. The van der Waals surface area contributed by atoms with Gasteiger partial charge in [0.25, 0.3) is 0 Å². The van der Waals surface area contributed by atoms with Gasteiger partial charge in [-0.1, -0.05) is 0 Å². The highest BCUT2D eigenvalue weighted by molar-refractivity contribution is 8.00. The van der Waals surface area contributed by atoms with E-state index in [9.17, 15) is 9.50 Å². The molecule has 1 aromatic carbocycles. The van der Waals surface area contributed by atoms with E-state index in [1.807, 2.05) is 11.8 Å². The largest absolute Gasteiger partial charge is 0.486 e. The summed E-state index contributed by atoms with van der Waals surface area (Å²) in [7, 11) is 0. The van der Waals surface area contributed by atoms with Gasteiger partial charge in [0.05, 0.1) is 6.10 Å². The minimum Gasteiger partial charge on any atom is -0.486 e. The molecule has 1 spiro atoms. The maximum Gasteiger partial charge on any atom is 0.126 e. The van der Waals surface area contributed by atoms with Crippen molar-refractivity contribution in [2.75, 3.05) is 5.75 Å². The van der Waals surface area contributed by atoms with Gasteiger partial charge in [-0.25, -0.2) is 4.39 Å². The van der Waals surface area contributed by atoms with Crippen LogP contribution in [-0.2, 0) is 0 Å². The number of hydrogen-bond acceptors (Lipinski definition) is 3. The molecule has 1 aromatic rings. The summed E-state index contributed by atoms with van der Waals surface area (Å²) in [5, 5.41) is 10.6. The summed E-state index contributed by atoms with van der Waals surface area (Å²) in [5.41, 5.74) is 0.302. The van der Waals surface area contributed by atoms with E-state index in [0.29, 0.717) is 23.0 Å². The van der Waals surface area contributed by atoms with Crippen molar-refractivity contribution < 1.29 is 14.2 Å². The molecule has 18 heavy (non-hydrogen) atoms. The molecule has 3 atom stereocenters. The number of benzene rings is 1. The predicted octanol–water partition coefficient (Wildman–Crippen LogP) is 3.30. The zero-order valence-electron chi connectivity index (χ0n) is 10.4. The molecule has 1 N–H and O–H groups in total. The Morgan fingerprint density at radius 3 is 3.11 bits per heavy atom. The third kappa shape index (κ3) is 1.91. The van der Waals surface area contributed by atoms with Crippen LogP contribution in [0.15, 0.2) is 18.2 Å². The standard InChI is InChI=1S/C14H17FO2S/c1-9-14(5-2-6-18-9)8-12(16)11-7-10(15)3-4-13(11)17-14/h3-4,7,9,12,16H,2,5-6,8H2,1H3/t9?,12-,14?/m0/s1. The van der Waals surface area contributed by atoms with E-state index in [4.69, 9.17) is 4.74 Å². The third-order valence-electron chi connectivity index (χ3n) is 4.04. The molecular formula is C14H17FO2S. The van der Waals surface area contributed by atoms with Gasteiger partial charge in [0.2, 0.25) is 0 Å². The Bertz CT molecular complexity index is 465. The molecule has 2 aliphatic rings. The van der Waals surface area contributed by atoms with Crippen molar-refractivity contribution in [1.82, 2.24) is 0 Å². The summed E-state index contributed by atoms with van der Waals surface area (Å²) in [6.07, 6.45) is 2.02. The fourth-order valence-electron chi connectivity index (χ4n) is 2.96. The fraction of sp³-hybridized carbons (Fsp3) is 0.571. The van der Waals surface area contributed by atoms with Crippen LogP contribution < -0.4 is 4.74 Å². The molecule has 0 aliphatic carbocycles. The lowest BCUT2D eigenvalue weighted by Crippen LogP contribution is -2.50. The van der Waals surface area contributed by atoms with E-state index in [-0.39, 0.29) is 11.4 Å². The van der Waals surface area contributed by atoms with Gasteiger partial charge in [0, 0.05) is 17.2 Å². The maximum absolute atomic E-state index is 13.2.